The molecule has 2 rings (SSSR count). The maximum atomic E-state index is 3.45. The molecule has 2 atom stereocenters. The van der Waals surface area contributed by atoms with Gasteiger partial charge in [0.15, 0.2) is 0 Å². The van der Waals surface area contributed by atoms with Gasteiger partial charge in [-0.1, -0.05) is 32.4 Å². The lowest BCUT2D eigenvalue weighted by Crippen LogP contribution is -2.46. The minimum atomic E-state index is 0. The van der Waals surface area contributed by atoms with Gasteiger partial charge in [0.25, 0.3) is 0 Å². The second-order valence-corrected chi connectivity index (χ2v) is 6.42. The van der Waals surface area contributed by atoms with Gasteiger partial charge in [0, 0.05) is 35.8 Å². The van der Waals surface area contributed by atoms with Crippen molar-refractivity contribution in [1.29, 1.82) is 0 Å². The van der Waals surface area contributed by atoms with Crippen LogP contribution in [0.4, 0.5) is 0 Å². The highest BCUT2D eigenvalue weighted by Gasteiger charge is 2.26. The lowest BCUT2D eigenvalue weighted by Gasteiger charge is -2.38. The zero-order chi connectivity index (χ0) is 13.0. The van der Waals surface area contributed by atoms with E-state index in [9.17, 15) is 0 Å². The van der Waals surface area contributed by atoms with Gasteiger partial charge in [-0.3, -0.25) is 4.90 Å². The summed E-state index contributed by atoms with van der Waals surface area (Å²) in [5.74, 6) is 0.710. The fourth-order valence-electron chi connectivity index (χ4n) is 2.77. The predicted molar refractivity (Wildman–Crippen MR) is 100 cm³/mol. The third-order valence-electron chi connectivity index (χ3n) is 3.92. The number of piperazine rings is 1. The first-order chi connectivity index (χ1) is 8.72. The Kier molecular flexibility index (Phi) is 10.5. The summed E-state index contributed by atoms with van der Waals surface area (Å²) in [6.45, 7) is 9.26. The van der Waals surface area contributed by atoms with Crippen molar-refractivity contribution in [3.8, 4) is 0 Å². The van der Waals surface area contributed by atoms with E-state index >= 15 is 0 Å². The predicted octanol–water partition coefficient (Wildman–Crippen LogP) is 4.13. The largest absolute Gasteiger partial charge is 0.314 e. The third kappa shape index (κ3) is 5.34. The molecule has 1 heterocycles. The van der Waals surface area contributed by atoms with E-state index in [0.29, 0.717) is 12.0 Å². The average molecular weight is 431 g/mol. The van der Waals surface area contributed by atoms with Gasteiger partial charge in [-0.25, -0.2) is 0 Å². The summed E-state index contributed by atoms with van der Waals surface area (Å²) in [6, 6.07) is 9.58. The molecule has 0 radical (unpaired) electrons. The van der Waals surface area contributed by atoms with Gasteiger partial charge in [0.05, 0.1) is 0 Å². The van der Waals surface area contributed by atoms with Crippen LogP contribution in [0.15, 0.2) is 24.3 Å². The topological polar surface area (TPSA) is 15.3 Å². The molecule has 0 spiro atoms. The van der Waals surface area contributed by atoms with Crippen LogP contribution in [0, 0.1) is 9.49 Å². The normalized spacial score (nSPS) is 18.6. The molecule has 1 N–H and O–H groups in total. The quantitative estimate of drug-likeness (QED) is 0.722. The van der Waals surface area contributed by atoms with E-state index in [-0.39, 0.29) is 24.8 Å². The van der Waals surface area contributed by atoms with E-state index in [2.05, 4.69) is 70.9 Å². The summed E-state index contributed by atoms with van der Waals surface area (Å²) >= 11 is 2.41. The maximum absolute atomic E-state index is 3.45. The summed E-state index contributed by atoms with van der Waals surface area (Å²) < 4.78 is 1.34. The lowest BCUT2D eigenvalue weighted by molar-refractivity contribution is 0.128. The first-order valence-electron chi connectivity index (χ1n) is 6.92. The molecule has 0 aromatic heterocycles. The molecule has 1 aliphatic rings. The van der Waals surface area contributed by atoms with Crippen molar-refractivity contribution in [2.24, 2.45) is 5.92 Å². The van der Waals surface area contributed by atoms with Gasteiger partial charge in [-0.2, -0.15) is 0 Å². The highest BCUT2D eigenvalue weighted by Crippen LogP contribution is 2.31. The van der Waals surface area contributed by atoms with Gasteiger partial charge in [-0.05, 0) is 46.2 Å². The van der Waals surface area contributed by atoms with Crippen molar-refractivity contribution >= 4 is 47.4 Å². The number of benzene rings is 1. The Bertz CT molecular complexity index is 384. The van der Waals surface area contributed by atoms with Crippen molar-refractivity contribution in [2.75, 3.05) is 26.2 Å². The maximum Gasteiger partial charge on any atom is 0.0375 e. The Hall–Kier alpha value is 0.450. The number of nitrogens with zero attached hydrogens (tertiary/aromatic N) is 1. The Balaban J connectivity index is 0.00000180. The van der Waals surface area contributed by atoms with Gasteiger partial charge in [0.1, 0.15) is 0 Å². The Morgan fingerprint density at radius 1 is 1.25 bits per heavy atom. The molecule has 5 heteroatoms. The summed E-state index contributed by atoms with van der Waals surface area (Å²) in [6.07, 6.45) is 1.24. The number of hydrogen-bond acceptors (Lipinski definition) is 2. The fraction of sp³-hybridized carbons (Fsp3) is 0.600. The summed E-state index contributed by atoms with van der Waals surface area (Å²) in [4.78, 5) is 2.65. The van der Waals surface area contributed by atoms with E-state index in [1.54, 1.807) is 0 Å². The van der Waals surface area contributed by atoms with Crippen molar-refractivity contribution in [2.45, 2.75) is 26.3 Å². The highest BCUT2D eigenvalue weighted by molar-refractivity contribution is 14.1. The van der Waals surface area contributed by atoms with Crippen LogP contribution in [0.5, 0.6) is 0 Å². The minimum absolute atomic E-state index is 0. The van der Waals surface area contributed by atoms with Crippen LogP contribution in [0.25, 0.3) is 0 Å². The van der Waals surface area contributed by atoms with E-state index in [4.69, 9.17) is 0 Å². The third-order valence-corrected chi connectivity index (χ3v) is 4.59. The van der Waals surface area contributed by atoms with Crippen LogP contribution in [-0.4, -0.2) is 31.1 Å². The molecule has 1 saturated heterocycles. The zero-order valence-corrected chi connectivity index (χ0v) is 15.9. The second-order valence-electron chi connectivity index (χ2n) is 5.17. The number of rotatable bonds is 4. The molecule has 2 nitrogen and oxygen atoms in total. The second kappa shape index (κ2) is 10.2. The summed E-state index contributed by atoms with van der Waals surface area (Å²) in [5.41, 5.74) is 1.48. The van der Waals surface area contributed by atoms with Crippen LogP contribution in [0.1, 0.15) is 31.9 Å². The van der Waals surface area contributed by atoms with Crippen LogP contribution in [-0.2, 0) is 0 Å². The van der Waals surface area contributed by atoms with Crippen LogP contribution in [0.2, 0.25) is 0 Å². The van der Waals surface area contributed by atoms with Crippen LogP contribution < -0.4 is 5.32 Å². The summed E-state index contributed by atoms with van der Waals surface area (Å²) in [5, 5.41) is 3.45. The molecule has 1 aliphatic heterocycles. The summed E-state index contributed by atoms with van der Waals surface area (Å²) in [7, 11) is 0. The molecule has 1 fully saturated rings. The van der Waals surface area contributed by atoms with Crippen LogP contribution in [0.3, 0.4) is 0 Å². The van der Waals surface area contributed by atoms with Gasteiger partial charge in [0.2, 0.25) is 0 Å². The molecule has 0 aliphatic carbocycles. The molecule has 0 amide bonds. The van der Waals surface area contributed by atoms with Gasteiger partial charge < -0.3 is 5.32 Å². The van der Waals surface area contributed by atoms with Crippen molar-refractivity contribution in [3.63, 3.8) is 0 Å². The van der Waals surface area contributed by atoms with E-state index < -0.39 is 0 Å². The first-order valence-corrected chi connectivity index (χ1v) is 8.00. The van der Waals surface area contributed by atoms with Gasteiger partial charge in [-0.15, -0.1) is 24.8 Å². The Morgan fingerprint density at radius 2 is 1.90 bits per heavy atom. The highest BCUT2D eigenvalue weighted by atomic mass is 127. The molecule has 1 aromatic carbocycles. The molecule has 116 valence electrons. The van der Waals surface area contributed by atoms with E-state index in [0.717, 1.165) is 13.1 Å². The number of hydrogen-bond donors (Lipinski definition) is 1. The Labute approximate surface area is 149 Å². The van der Waals surface area contributed by atoms with Crippen molar-refractivity contribution < 1.29 is 0 Å². The average Bonchev–Trinajstić information content (AvgIpc) is 2.40. The number of nitrogens with one attached hydrogen (secondary N) is 1. The Morgan fingerprint density at radius 3 is 2.45 bits per heavy atom. The van der Waals surface area contributed by atoms with Gasteiger partial charge >= 0.3 is 0 Å². The van der Waals surface area contributed by atoms with Crippen molar-refractivity contribution in [3.05, 3.63) is 33.4 Å². The fourth-order valence-corrected chi connectivity index (χ4v) is 3.34. The minimum Gasteiger partial charge on any atom is -0.314 e. The standard InChI is InChI=1S/C15H23IN2.2ClH/c1-3-12(2)15(18-9-7-17-8-10-18)13-5-4-6-14(16)11-13;;/h4-6,11-12,15,17H,3,7-10H2,1-2H3;2*1H/t12?,15-;;/m0../s1. The van der Waals surface area contributed by atoms with Crippen LogP contribution >= 0.6 is 47.4 Å². The molecular weight excluding hydrogens is 406 g/mol. The molecular formula is C15H25Cl2IN2. The number of halogens is 3. The monoisotopic (exact) mass is 430 g/mol. The molecule has 20 heavy (non-hydrogen) atoms. The van der Waals surface area contributed by atoms with E-state index in [1.165, 1.54) is 28.6 Å². The van der Waals surface area contributed by atoms with Crippen molar-refractivity contribution in [1.82, 2.24) is 10.2 Å². The molecule has 0 saturated carbocycles. The molecule has 1 unspecified atom stereocenters. The smallest absolute Gasteiger partial charge is 0.0375 e. The zero-order valence-electron chi connectivity index (χ0n) is 12.1. The SMILES string of the molecule is CCC(C)[C@@H](c1cccc(I)c1)N1CCNCC1.Cl.Cl. The molecule has 1 aromatic rings. The van der Waals surface area contributed by atoms with E-state index in [1.807, 2.05) is 0 Å². The first kappa shape index (κ1) is 20.5. The molecule has 0 bridgehead atoms. The lowest BCUT2D eigenvalue weighted by atomic mass is 9.90.